The predicted octanol–water partition coefficient (Wildman–Crippen LogP) is 5.53. The van der Waals surface area contributed by atoms with E-state index in [1.54, 1.807) is 18.2 Å². The Morgan fingerprint density at radius 3 is 2.55 bits per heavy atom. The van der Waals surface area contributed by atoms with Gasteiger partial charge in [0, 0.05) is 11.0 Å². The maximum absolute atomic E-state index is 13.8. The standard InChI is InChI=1S/C22H21FN2O3S/c1-13(28-16-7-8-18(24-11-16)21(27)22(2,3)4)20-10-19(25-29-20)14-5-6-15(12-26)17(23)9-14/h5-13H,1-4H3. The fourth-order valence-electron chi connectivity index (χ4n) is 2.63. The van der Waals surface area contributed by atoms with Crippen LogP contribution >= 0.6 is 11.5 Å². The highest BCUT2D eigenvalue weighted by Crippen LogP contribution is 2.30. The minimum absolute atomic E-state index is 0.0155. The summed E-state index contributed by atoms with van der Waals surface area (Å²) in [7, 11) is 0. The zero-order valence-electron chi connectivity index (χ0n) is 16.6. The van der Waals surface area contributed by atoms with E-state index in [2.05, 4.69) is 9.36 Å². The van der Waals surface area contributed by atoms with Crippen LogP contribution in [0.2, 0.25) is 0 Å². The molecule has 1 atom stereocenters. The topological polar surface area (TPSA) is 69.2 Å². The van der Waals surface area contributed by atoms with Gasteiger partial charge < -0.3 is 4.74 Å². The lowest BCUT2D eigenvalue weighted by atomic mass is 9.89. The molecular formula is C22H21FN2O3S. The van der Waals surface area contributed by atoms with Gasteiger partial charge in [-0.2, -0.15) is 4.37 Å². The van der Waals surface area contributed by atoms with Crippen LogP contribution in [0.5, 0.6) is 5.75 Å². The summed E-state index contributed by atoms with van der Waals surface area (Å²) in [6.45, 7) is 7.43. The quantitative estimate of drug-likeness (QED) is 0.393. The minimum Gasteiger partial charge on any atom is -0.484 e. The van der Waals surface area contributed by atoms with Crippen LogP contribution < -0.4 is 4.74 Å². The molecular weight excluding hydrogens is 391 g/mol. The highest BCUT2D eigenvalue weighted by Gasteiger charge is 2.24. The van der Waals surface area contributed by atoms with Crippen LogP contribution in [-0.2, 0) is 0 Å². The zero-order chi connectivity index (χ0) is 21.2. The number of hydrogen-bond donors (Lipinski definition) is 0. The first kappa shape index (κ1) is 20.8. The molecule has 29 heavy (non-hydrogen) atoms. The summed E-state index contributed by atoms with van der Waals surface area (Å²) in [6.07, 6.45) is 1.71. The van der Waals surface area contributed by atoms with Crippen LogP contribution in [-0.4, -0.2) is 21.4 Å². The van der Waals surface area contributed by atoms with E-state index < -0.39 is 11.2 Å². The number of pyridine rings is 1. The normalized spacial score (nSPS) is 12.4. The van der Waals surface area contributed by atoms with Crippen molar-refractivity contribution >= 4 is 23.6 Å². The van der Waals surface area contributed by atoms with Gasteiger partial charge >= 0.3 is 0 Å². The van der Waals surface area contributed by atoms with Gasteiger partial charge in [-0.15, -0.1) is 0 Å². The molecule has 3 rings (SSSR count). The number of hydrogen-bond acceptors (Lipinski definition) is 6. The van der Waals surface area contributed by atoms with E-state index in [0.29, 0.717) is 29.0 Å². The number of aromatic nitrogens is 2. The molecule has 0 bridgehead atoms. The van der Waals surface area contributed by atoms with Gasteiger partial charge in [-0.05, 0) is 48.8 Å². The molecule has 1 unspecified atom stereocenters. The number of nitrogens with zero attached hydrogens (tertiary/aromatic N) is 2. The third-order valence-electron chi connectivity index (χ3n) is 4.32. The van der Waals surface area contributed by atoms with E-state index in [4.69, 9.17) is 4.74 Å². The fourth-order valence-corrected chi connectivity index (χ4v) is 3.35. The number of benzene rings is 1. The number of halogens is 1. The Morgan fingerprint density at radius 1 is 1.21 bits per heavy atom. The van der Waals surface area contributed by atoms with Crippen molar-refractivity contribution in [3.8, 4) is 17.0 Å². The molecule has 0 saturated carbocycles. The van der Waals surface area contributed by atoms with Crippen molar-refractivity contribution in [3.63, 3.8) is 0 Å². The van der Waals surface area contributed by atoms with Crippen molar-refractivity contribution in [3.05, 3.63) is 64.5 Å². The number of ketones is 1. The molecule has 0 aliphatic carbocycles. The zero-order valence-corrected chi connectivity index (χ0v) is 17.4. The molecule has 1 aromatic carbocycles. The number of carbonyl (C=O) groups is 2. The molecule has 0 saturated heterocycles. The first-order chi connectivity index (χ1) is 13.7. The second-order valence-corrected chi connectivity index (χ2v) is 8.52. The summed E-state index contributed by atoms with van der Waals surface area (Å²) < 4.78 is 24.1. The second kappa shape index (κ2) is 8.21. The highest BCUT2D eigenvalue weighted by atomic mass is 32.1. The van der Waals surface area contributed by atoms with E-state index in [0.717, 1.165) is 4.88 Å². The molecule has 0 amide bonds. The van der Waals surface area contributed by atoms with Crippen molar-refractivity contribution in [2.24, 2.45) is 5.41 Å². The van der Waals surface area contributed by atoms with E-state index >= 15 is 0 Å². The Labute approximate surface area is 172 Å². The van der Waals surface area contributed by atoms with Crippen LogP contribution in [0.25, 0.3) is 11.3 Å². The molecule has 5 nitrogen and oxygen atoms in total. The Hall–Kier alpha value is -2.93. The minimum atomic E-state index is -0.577. The third-order valence-corrected chi connectivity index (χ3v) is 5.26. The van der Waals surface area contributed by atoms with Crippen molar-refractivity contribution in [1.29, 1.82) is 0 Å². The van der Waals surface area contributed by atoms with Gasteiger partial charge in [-0.1, -0.05) is 26.8 Å². The Bertz CT molecular complexity index is 1040. The monoisotopic (exact) mass is 412 g/mol. The van der Waals surface area contributed by atoms with Crippen molar-refractivity contribution in [2.45, 2.75) is 33.8 Å². The highest BCUT2D eigenvalue weighted by molar-refractivity contribution is 7.06. The van der Waals surface area contributed by atoms with Crippen LogP contribution in [0, 0.1) is 11.2 Å². The third kappa shape index (κ3) is 4.74. The number of aldehydes is 1. The van der Waals surface area contributed by atoms with Gasteiger partial charge in [0.05, 0.1) is 22.3 Å². The van der Waals surface area contributed by atoms with Crippen molar-refractivity contribution in [1.82, 2.24) is 9.36 Å². The molecule has 2 aromatic heterocycles. The fraction of sp³-hybridized carbons (Fsp3) is 0.273. The largest absolute Gasteiger partial charge is 0.484 e. The van der Waals surface area contributed by atoms with Crippen LogP contribution in [0.4, 0.5) is 4.39 Å². The number of carbonyl (C=O) groups excluding carboxylic acids is 2. The molecule has 3 aromatic rings. The summed E-state index contributed by atoms with van der Waals surface area (Å²) in [5.41, 5.74) is 1.13. The van der Waals surface area contributed by atoms with E-state index in [1.165, 1.54) is 29.9 Å². The van der Waals surface area contributed by atoms with Gasteiger partial charge in [0.25, 0.3) is 0 Å². The molecule has 0 aliphatic rings. The van der Waals surface area contributed by atoms with Gasteiger partial charge in [0.2, 0.25) is 0 Å². The average Bonchev–Trinajstić information content (AvgIpc) is 3.17. The molecule has 0 aliphatic heterocycles. The first-order valence-electron chi connectivity index (χ1n) is 9.08. The molecule has 150 valence electrons. The van der Waals surface area contributed by atoms with Gasteiger partial charge in [-0.25, -0.2) is 9.37 Å². The number of ether oxygens (including phenoxy) is 1. The molecule has 0 spiro atoms. The lowest BCUT2D eigenvalue weighted by Gasteiger charge is -2.16. The Morgan fingerprint density at radius 2 is 1.97 bits per heavy atom. The van der Waals surface area contributed by atoms with Gasteiger partial charge in [0.1, 0.15) is 23.4 Å². The lowest BCUT2D eigenvalue weighted by molar-refractivity contribution is 0.0852. The SMILES string of the molecule is CC(Oc1ccc(C(=O)C(C)(C)C)nc1)c1cc(-c2ccc(C=O)c(F)c2)ns1. The van der Waals surface area contributed by atoms with Crippen LogP contribution in [0.1, 0.15) is 59.5 Å². The smallest absolute Gasteiger partial charge is 0.186 e. The van der Waals surface area contributed by atoms with E-state index in [1.807, 2.05) is 33.8 Å². The maximum Gasteiger partial charge on any atom is 0.186 e. The lowest BCUT2D eigenvalue weighted by Crippen LogP contribution is -2.21. The maximum atomic E-state index is 13.8. The second-order valence-electron chi connectivity index (χ2n) is 7.69. The van der Waals surface area contributed by atoms with Crippen molar-refractivity contribution in [2.75, 3.05) is 0 Å². The van der Waals surface area contributed by atoms with Crippen molar-refractivity contribution < 1.29 is 18.7 Å². The summed E-state index contributed by atoms with van der Waals surface area (Å²) in [5.74, 6) is -0.0661. The molecule has 0 N–H and O–H groups in total. The first-order valence-corrected chi connectivity index (χ1v) is 9.85. The summed E-state index contributed by atoms with van der Waals surface area (Å²) in [5, 5.41) is 0. The van der Waals surface area contributed by atoms with Crippen LogP contribution in [0.15, 0.2) is 42.6 Å². The number of rotatable bonds is 6. The summed E-state index contributed by atoms with van der Waals surface area (Å²) >= 11 is 1.26. The predicted molar refractivity (Wildman–Crippen MR) is 110 cm³/mol. The van der Waals surface area contributed by atoms with Gasteiger partial charge in [-0.3, -0.25) is 9.59 Å². The van der Waals surface area contributed by atoms with E-state index in [9.17, 15) is 14.0 Å². The van der Waals surface area contributed by atoms with Crippen LogP contribution in [0.3, 0.4) is 0 Å². The summed E-state index contributed by atoms with van der Waals surface area (Å²) in [6, 6.07) is 9.59. The Balaban J connectivity index is 1.72. The molecule has 2 heterocycles. The average molecular weight is 412 g/mol. The Kier molecular flexibility index (Phi) is 5.88. The molecule has 0 fully saturated rings. The summed E-state index contributed by atoms with van der Waals surface area (Å²) in [4.78, 5) is 28.1. The molecule has 0 radical (unpaired) electrons. The van der Waals surface area contributed by atoms with Gasteiger partial charge in [0.15, 0.2) is 12.1 Å². The molecule has 7 heteroatoms. The van der Waals surface area contributed by atoms with E-state index in [-0.39, 0.29) is 17.5 Å². The number of Topliss-reactive ketones (excluding diaryl/α,β-unsaturated/α-hetero) is 1.